The van der Waals surface area contributed by atoms with Gasteiger partial charge in [-0.3, -0.25) is 4.79 Å². The second kappa shape index (κ2) is 3.44. The third-order valence-electron chi connectivity index (χ3n) is 2.99. The molecule has 1 rings (SSSR count). The lowest BCUT2D eigenvalue weighted by Crippen LogP contribution is -2.38. The van der Waals surface area contributed by atoms with E-state index < -0.39 is 11.4 Å². The first kappa shape index (κ1) is 9.52. The van der Waals surface area contributed by atoms with Crippen molar-refractivity contribution < 1.29 is 15.0 Å². The number of aliphatic hydroxyl groups excluding tert-OH is 1. The molecule has 0 radical (unpaired) electrons. The molecule has 0 atom stereocenters. The van der Waals surface area contributed by atoms with E-state index in [1.54, 1.807) is 0 Å². The molecular formula is C9H16O3. The average Bonchev–Trinajstić information content (AvgIpc) is 2.06. The molecule has 0 spiro atoms. The van der Waals surface area contributed by atoms with Crippen LogP contribution in [-0.4, -0.2) is 22.8 Å². The molecule has 0 aliphatic heterocycles. The standard InChI is InChI=1S/C9H16O3/c1-7-2-4-9(6-10,5-3-7)8(11)12/h7,10H,2-6H2,1H3,(H,11,12). The Labute approximate surface area is 72.4 Å². The van der Waals surface area contributed by atoms with Crippen molar-refractivity contribution in [1.82, 2.24) is 0 Å². The normalized spacial score (nSPS) is 36.3. The molecule has 1 aliphatic carbocycles. The van der Waals surface area contributed by atoms with Crippen LogP contribution < -0.4 is 0 Å². The van der Waals surface area contributed by atoms with Crippen molar-refractivity contribution in [3.63, 3.8) is 0 Å². The molecular weight excluding hydrogens is 156 g/mol. The van der Waals surface area contributed by atoms with E-state index in [0.29, 0.717) is 18.8 Å². The van der Waals surface area contributed by atoms with Crippen LogP contribution in [0.5, 0.6) is 0 Å². The van der Waals surface area contributed by atoms with E-state index in [9.17, 15) is 4.79 Å². The maximum Gasteiger partial charge on any atom is 0.311 e. The molecule has 0 aromatic heterocycles. The highest BCUT2D eigenvalue weighted by molar-refractivity contribution is 5.74. The summed E-state index contributed by atoms with van der Waals surface area (Å²) in [4.78, 5) is 10.9. The van der Waals surface area contributed by atoms with Gasteiger partial charge in [0.25, 0.3) is 0 Å². The topological polar surface area (TPSA) is 57.5 Å². The lowest BCUT2D eigenvalue weighted by atomic mass is 9.71. The van der Waals surface area contributed by atoms with Crippen LogP contribution in [0.2, 0.25) is 0 Å². The number of carboxylic acids is 1. The molecule has 1 saturated carbocycles. The summed E-state index contributed by atoms with van der Waals surface area (Å²) in [6.07, 6.45) is 3.10. The van der Waals surface area contributed by atoms with Crippen LogP contribution >= 0.6 is 0 Å². The molecule has 3 nitrogen and oxygen atoms in total. The maximum absolute atomic E-state index is 10.9. The summed E-state index contributed by atoms with van der Waals surface area (Å²) in [7, 11) is 0. The van der Waals surface area contributed by atoms with E-state index in [-0.39, 0.29) is 6.61 Å². The first-order chi connectivity index (χ1) is 5.60. The second-order valence-corrected chi connectivity index (χ2v) is 3.93. The van der Waals surface area contributed by atoms with E-state index in [1.165, 1.54) is 0 Å². The Morgan fingerprint density at radius 1 is 1.50 bits per heavy atom. The number of hydrogen-bond acceptors (Lipinski definition) is 2. The minimum Gasteiger partial charge on any atom is -0.481 e. The fourth-order valence-electron chi connectivity index (χ4n) is 1.75. The molecule has 0 heterocycles. The van der Waals surface area contributed by atoms with Gasteiger partial charge in [-0.05, 0) is 31.6 Å². The van der Waals surface area contributed by atoms with E-state index >= 15 is 0 Å². The molecule has 0 amide bonds. The van der Waals surface area contributed by atoms with Gasteiger partial charge < -0.3 is 10.2 Å². The first-order valence-corrected chi connectivity index (χ1v) is 4.45. The highest BCUT2D eigenvalue weighted by Crippen LogP contribution is 2.38. The van der Waals surface area contributed by atoms with Gasteiger partial charge in [0.1, 0.15) is 0 Å². The Hall–Kier alpha value is -0.570. The van der Waals surface area contributed by atoms with Gasteiger partial charge in [0.15, 0.2) is 0 Å². The predicted molar refractivity (Wildman–Crippen MR) is 44.8 cm³/mol. The van der Waals surface area contributed by atoms with Gasteiger partial charge in [-0.25, -0.2) is 0 Å². The molecule has 0 saturated heterocycles. The molecule has 0 aromatic rings. The van der Waals surface area contributed by atoms with Crippen molar-refractivity contribution in [3.05, 3.63) is 0 Å². The van der Waals surface area contributed by atoms with Gasteiger partial charge in [0.05, 0.1) is 12.0 Å². The fourth-order valence-corrected chi connectivity index (χ4v) is 1.75. The third-order valence-corrected chi connectivity index (χ3v) is 2.99. The second-order valence-electron chi connectivity index (χ2n) is 3.93. The van der Waals surface area contributed by atoms with Crippen LogP contribution in [0.3, 0.4) is 0 Å². The Kier molecular flexibility index (Phi) is 2.73. The van der Waals surface area contributed by atoms with Gasteiger partial charge in [-0.1, -0.05) is 6.92 Å². The van der Waals surface area contributed by atoms with E-state index in [0.717, 1.165) is 12.8 Å². The van der Waals surface area contributed by atoms with Crippen LogP contribution in [0.1, 0.15) is 32.6 Å². The molecule has 1 aliphatic rings. The summed E-state index contributed by atoms with van der Waals surface area (Å²) in [5, 5.41) is 17.9. The van der Waals surface area contributed by atoms with Crippen LogP contribution in [0.15, 0.2) is 0 Å². The maximum atomic E-state index is 10.9. The molecule has 1 fully saturated rings. The van der Waals surface area contributed by atoms with Gasteiger partial charge >= 0.3 is 5.97 Å². The van der Waals surface area contributed by atoms with Crippen LogP contribution in [0.25, 0.3) is 0 Å². The van der Waals surface area contributed by atoms with Gasteiger partial charge in [-0.15, -0.1) is 0 Å². The average molecular weight is 172 g/mol. The first-order valence-electron chi connectivity index (χ1n) is 4.45. The minimum absolute atomic E-state index is 0.213. The van der Waals surface area contributed by atoms with Gasteiger partial charge in [0.2, 0.25) is 0 Å². The molecule has 70 valence electrons. The summed E-state index contributed by atoms with van der Waals surface area (Å²) in [5.41, 5.74) is -0.827. The summed E-state index contributed by atoms with van der Waals surface area (Å²) in [6, 6.07) is 0. The summed E-state index contributed by atoms with van der Waals surface area (Å²) in [6.45, 7) is 1.91. The Morgan fingerprint density at radius 2 is 2.00 bits per heavy atom. The van der Waals surface area contributed by atoms with Crippen LogP contribution in [0.4, 0.5) is 0 Å². The van der Waals surface area contributed by atoms with Crippen molar-refractivity contribution in [3.8, 4) is 0 Å². The Balaban J connectivity index is 2.63. The number of rotatable bonds is 2. The largest absolute Gasteiger partial charge is 0.481 e. The molecule has 2 N–H and O–H groups in total. The Morgan fingerprint density at radius 3 is 2.33 bits per heavy atom. The van der Waals surface area contributed by atoms with Crippen molar-refractivity contribution >= 4 is 5.97 Å². The highest BCUT2D eigenvalue weighted by atomic mass is 16.4. The Bertz CT molecular complexity index is 169. The molecule has 3 heteroatoms. The lowest BCUT2D eigenvalue weighted by Gasteiger charge is -2.33. The fraction of sp³-hybridized carbons (Fsp3) is 0.889. The van der Waals surface area contributed by atoms with Gasteiger partial charge in [0, 0.05) is 0 Å². The molecule has 0 unspecified atom stereocenters. The predicted octanol–water partition coefficient (Wildman–Crippen LogP) is 1.26. The molecule has 0 aromatic carbocycles. The monoisotopic (exact) mass is 172 g/mol. The summed E-state index contributed by atoms with van der Waals surface area (Å²) < 4.78 is 0. The highest BCUT2D eigenvalue weighted by Gasteiger charge is 2.40. The zero-order valence-electron chi connectivity index (χ0n) is 7.42. The van der Waals surface area contributed by atoms with Crippen LogP contribution in [0, 0.1) is 11.3 Å². The van der Waals surface area contributed by atoms with Crippen LogP contribution in [-0.2, 0) is 4.79 Å². The molecule has 12 heavy (non-hydrogen) atoms. The zero-order chi connectivity index (χ0) is 9.19. The number of aliphatic carboxylic acids is 1. The third kappa shape index (κ3) is 1.61. The number of carbonyl (C=O) groups is 1. The zero-order valence-corrected chi connectivity index (χ0v) is 7.42. The SMILES string of the molecule is CC1CCC(CO)(C(=O)O)CC1. The van der Waals surface area contributed by atoms with Gasteiger partial charge in [-0.2, -0.15) is 0 Å². The van der Waals surface area contributed by atoms with Crippen molar-refractivity contribution in [1.29, 1.82) is 0 Å². The summed E-state index contributed by atoms with van der Waals surface area (Å²) in [5.74, 6) is -0.221. The van der Waals surface area contributed by atoms with Crippen molar-refractivity contribution in [2.24, 2.45) is 11.3 Å². The number of hydrogen-bond donors (Lipinski definition) is 2. The van der Waals surface area contributed by atoms with E-state index in [2.05, 4.69) is 6.92 Å². The minimum atomic E-state index is -0.836. The number of aliphatic hydroxyl groups is 1. The lowest BCUT2D eigenvalue weighted by molar-refractivity contribution is -0.154. The van der Waals surface area contributed by atoms with Crippen molar-refractivity contribution in [2.45, 2.75) is 32.6 Å². The smallest absolute Gasteiger partial charge is 0.311 e. The summed E-state index contributed by atoms with van der Waals surface area (Å²) >= 11 is 0. The van der Waals surface area contributed by atoms with E-state index in [4.69, 9.17) is 10.2 Å². The van der Waals surface area contributed by atoms with Crippen molar-refractivity contribution in [2.75, 3.05) is 6.61 Å². The number of carboxylic acid groups (broad SMARTS) is 1. The quantitative estimate of drug-likeness (QED) is 0.659. The van der Waals surface area contributed by atoms with E-state index in [1.807, 2.05) is 0 Å². The molecule has 0 bridgehead atoms.